The van der Waals surface area contributed by atoms with Crippen molar-refractivity contribution in [1.29, 1.82) is 0 Å². The molecule has 1 N–H and O–H groups in total. The number of nitrogens with one attached hydrogen (secondary N) is 1. The number of aromatic nitrogens is 1. The molecule has 1 unspecified atom stereocenters. The summed E-state index contributed by atoms with van der Waals surface area (Å²) in [6.45, 7) is 0. The highest BCUT2D eigenvalue weighted by atomic mass is 16.5. The first kappa shape index (κ1) is 12.4. The number of hydrogen-bond acceptors (Lipinski definition) is 3. The third-order valence-electron chi connectivity index (χ3n) is 3.80. The van der Waals surface area contributed by atoms with E-state index in [2.05, 4.69) is 16.4 Å². The van der Waals surface area contributed by atoms with Gasteiger partial charge in [-0.05, 0) is 31.9 Å². The Bertz CT molecular complexity index is 348. The molecule has 94 valence electrons. The van der Waals surface area contributed by atoms with Gasteiger partial charge in [-0.15, -0.1) is 0 Å². The van der Waals surface area contributed by atoms with Gasteiger partial charge in [-0.1, -0.05) is 19.3 Å². The molecule has 1 atom stereocenters. The Balaban J connectivity index is 2.21. The Hall–Kier alpha value is -1.09. The summed E-state index contributed by atoms with van der Waals surface area (Å²) in [7, 11) is 3.76. The van der Waals surface area contributed by atoms with Crippen molar-refractivity contribution in [2.45, 2.75) is 38.1 Å². The highest BCUT2D eigenvalue weighted by molar-refractivity contribution is 5.33. The van der Waals surface area contributed by atoms with Crippen LogP contribution in [0.2, 0.25) is 0 Å². The van der Waals surface area contributed by atoms with E-state index in [4.69, 9.17) is 4.74 Å². The molecule has 1 heterocycles. The molecule has 1 aliphatic rings. The zero-order valence-corrected chi connectivity index (χ0v) is 10.8. The Morgan fingerprint density at radius 3 is 2.76 bits per heavy atom. The fourth-order valence-corrected chi connectivity index (χ4v) is 2.93. The number of rotatable bonds is 4. The zero-order chi connectivity index (χ0) is 12.1. The van der Waals surface area contributed by atoms with Crippen molar-refractivity contribution in [3.05, 3.63) is 24.0 Å². The lowest BCUT2D eigenvalue weighted by Gasteiger charge is -2.31. The summed E-state index contributed by atoms with van der Waals surface area (Å²) in [6, 6.07) is 2.47. The summed E-state index contributed by atoms with van der Waals surface area (Å²) in [6.07, 6.45) is 10.4. The monoisotopic (exact) mass is 234 g/mol. The maximum absolute atomic E-state index is 5.42. The van der Waals surface area contributed by atoms with E-state index in [0.717, 1.165) is 11.7 Å². The number of pyridine rings is 1. The van der Waals surface area contributed by atoms with Crippen LogP contribution in [0.3, 0.4) is 0 Å². The molecule has 0 spiro atoms. The molecule has 0 saturated heterocycles. The van der Waals surface area contributed by atoms with Gasteiger partial charge in [0.05, 0.1) is 13.3 Å². The van der Waals surface area contributed by atoms with Gasteiger partial charge in [0.15, 0.2) is 0 Å². The number of methoxy groups -OCH3 is 1. The molecule has 3 nitrogen and oxygen atoms in total. The first-order valence-electron chi connectivity index (χ1n) is 6.52. The molecule has 1 aliphatic carbocycles. The molecule has 0 amide bonds. The molecule has 17 heavy (non-hydrogen) atoms. The Morgan fingerprint density at radius 2 is 2.12 bits per heavy atom. The highest BCUT2D eigenvalue weighted by Crippen LogP contribution is 2.37. The van der Waals surface area contributed by atoms with Gasteiger partial charge >= 0.3 is 0 Å². The smallest absolute Gasteiger partial charge is 0.141 e. The second kappa shape index (κ2) is 6.01. The summed E-state index contributed by atoms with van der Waals surface area (Å²) >= 11 is 0. The summed E-state index contributed by atoms with van der Waals surface area (Å²) in [5.74, 6) is 1.63. The molecule has 0 radical (unpaired) electrons. The van der Waals surface area contributed by atoms with Crippen LogP contribution < -0.4 is 10.1 Å². The van der Waals surface area contributed by atoms with E-state index in [9.17, 15) is 0 Å². The van der Waals surface area contributed by atoms with Crippen LogP contribution in [0.25, 0.3) is 0 Å². The minimum Gasteiger partial charge on any atom is -0.495 e. The van der Waals surface area contributed by atoms with Crippen LogP contribution in [-0.2, 0) is 0 Å². The Labute approximate surface area is 104 Å². The molecular formula is C14H22N2O. The topological polar surface area (TPSA) is 34.2 Å². The van der Waals surface area contributed by atoms with Crippen molar-refractivity contribution in [1.82, 2.24) is 10.3 Å². The first-order chi connectivity index (χ1) is 8.36. The van der Waals surface area contributed by atoms with Crippen molar-refractivity contribution >= 4 is 0 Å². The van der Waals surface area contributed by atoms with Crippen LogP contribution in [0.15, 0.2) is 18.5 Å². The van der Waals surface area contributed by atoms with Gasteiger partial charge in [0.25, 0.3) is 0 Å². The second-order valence-corrected chi connectivity index (χ2v) is 4.78. The van der Waals surface area contributed by atoms with E-state index >= 15 is 0 Å². The molecule has 1 fully saturated rings. The number of ether oxygens (including phenoxy) is 1. The van der Waals surface area contributed by atoms with E-state index in [1.807, 2.05) is 19.4 Å². The standard InChI is InChI=1S/C14H22N2O/c1-15-14(11-6-4-3-5-7-11)12-8-9-16-10-13(12)17-2/h8-11,14-15H,3-7H2,1-2H3. The molecule has 0 aliphatic heterocycles. The van der Waals surface area contributed by atoms with Crippen LogP contribution in [0.5, 0.6) is 5.75 Å². The predicted molar refractivity (Wildman–Crippen MR) is 69.2 cm³/mol. The maximum Gasteiger partial charge on any atom is 0.141 e. The third-order valence-corrected chi connectivity index (χ3v) is 3.80. The summed E-state index contributed by atoms with van der Waals surface area (Å²) in [4.78, 5) is 4.13. The first-order valence-corrected chi connectivity index (χ1v) is 6.52. The van der Waals surface area contributed by atoms with Crippen LogP contribution in [0, 0.1) is 5.92 Å². The molecular weight excluding hydrogens is 212 g/mol. The molecule has 1 aromatic rings. The molecule has 1 aromatic heterocycles. The second-order valence-electron chi connectivity index (χ2n) is 4.78. The van der Waals surface area contributed by atoms with Gasteiger partial charge in [-0.3, -0.25) is 4.98 Å². The van der Waals surface area contributed by atoms with Crippen molar-refractivity contribution < 1.29 is 4.74 Å². The Morgan fingerprint density at radius 1 is 1.35 bits per heavy atom. The zero-order valence-electron chi connectivity index (χ0n) is 10.8. The molecule has 3 heteroatoms. The molecule has 1 saturated carbocycles. The lowest BCUT2D eigenvalue weighted by Crippen LogP contribution is -2.27. The minimum atomic E-state index is 0.397. The van der Waals surface area contributed by atoms with Gasteiger partial charge < -0.3 is 10.1 Å². The highest BCUT2D eigenvalue weighted by Gasteiger charge is 2.25. The van der Waals surface area contributed by atoms with E-state index in [1.165, 1.54) is 37.7 Å². The van der Waals surface area contributed by atoms with Crippen LogP contribution in [-0.4, -0.2) is 19.1 Å². The van der Waals surface area contributed by atoms with Gasteiger partial charge in [0, 0.05) is 17.8 Å². The fraction of sp³-hybridized carbons (Fsp3) is 0.643. The van der Waals surface area contributed by atoms with Gasteiger partial charge in [0.1, 0.15) is 5.75 Å². The SMILES string of the molecule is CNC(c1ccncc1OC)C1CCCCC1. The van der Waals surface area contributed by atoms with Gasteiger partial charge in [0.2, 0.25) is 0 Å². The third kappa shape index (κ3) is 2.78. The fourth-order valence-electron chi connectivity index (χ4n) is 2.93. The predicted octanol–water partition coefficient (Wildman–Crippen LogP) is 2.93. The number of nitrogens with zero attached hydrogens (tertiary/aromatic N) is 1. The summed E-state index contributed by atoms with van der Waals surface area (Å²) < 4.78 is 5.42. The quantitative estimate of drug-likeness (QED) is 0.869. The van der Waals surface area contributed by atoms with E-state index in [1.54, 1.807) is 7.11 Å². The lowest BCUT2D eigenvalue weighted by molar-refractivity contribution is 0.275. The average Bonchev–Trinajstić information content (AvgIpc) is 2.41. The van der Waals surface area contributed by atoms with E-state index in [0.29, 0.717) is 6.04 Å². The largest absolute Gasteiger partial charge is 0.495 e. The Kier molecular flexibility index (Phi) is 4.37. The summed E-state index contributed by atoms with van der Waals surface area (Å²) in [5, 5.41) is 3.46. The van der Waals surface area contributed by atoms with Gasteiger partial charge in [-0.25, -0.2) is 0 Å². The number of hydrogen-bond donors (Lipinski definition) is 1. The van der Waals surface area contributed by atoms with Crippen molar-refractivity contribution in [2.75, 3.05) is 14.2 Å². The van der Waals surface area contributed by atoms with Crippen LogP contribution in [0.1, 0.15) is 43.7 Å². The minimum absolute atomic E-state index is 0.397. The molecule has 2 rings (SSSR count). The summed E-state index contributed by atoms with van der Waals surface area (Å²) in [5.41, 5.74) is 1.25. The van der Waals surface area contributed by atoms with Crippen molar-refractivity contribution in [2.24, 2.45) is 5.92 Å². The molecule has 0 bridgehead atoms. The molecule has 0 aromatic carbocycles. The van der Waals surface area contributed by atoms with E-state index in [-0.39, 0.29) is 0 Å². The normalized spacial score (nSPS) is 18.9. The van der Waals surface area contributed by atoms with Crippen molar-refractivity contribution in [3.63, 3.8) is 0 Å². The van der Waals surface area contributed by atoms with Crippen molar-refractivity contribution in [3.8, 4) is 5.75 Å². The van der Waals surface area contributed by atoms with Crippen LogP contribution >= 0.6 is 0 Å². The lowest BCUT2D eigenvalue weighted by atomic mass is 9.81. The van der Waals surface area contributed by atoms with Crippen LogP contribution in [0.4, 0.5) is 0 Å². The maximum atomic E-state index is 5.42. The van der Waals surface area contributed by atoms with Gasteiger partial charge in [-0.2, -0.15) is 0 Å². The average molecular weight is 234 g/mol. The van der Waals surface area contributed by atoms with E-state index < -0.39 is 0 Å².